The van der Waals surface area contributed by atoms with Crippen LogP contribution in [0.1, 0.15) is 51.6 Å². The van der Waals surface area contributed by atoms with Crippen molar-refractivity contribution in [2.75, 3.05) is 88.5 Å². The summed E-state index contributed by atoms with van der Waals surface area (Å²) in [5, 5.41) is 13.3. The first-order valence-corrected chi connectivity index (χ1v) is 25.2. The normalized spacial score (nSPS) is 22.0. The molecule has 2 N–H and O–H groups in total. The highest BCUT2D eigenvalue weighted by Gasteiger charge is 2.76. The summed E-state index contributed by atoms with van der Waals surface area (Å²) >= 11 is 0. The van der Waals surface area contributed by atoms with Gasteiger partial charge in [0, 0.05) is 49.2 Å². The number of fused-ring (bicyclic) bond motifs is 3. The highest BCUT2D eigenvalue weighted by atomic mass is 16.6. The van der Waals surface area contributed by atoms with Crippen LogP contribution in [0.5, 0.6) is 5.75 Å². The van der Waals surface area contributed by atoms with Crippen molar-refractivity contribution in [3.63, 3.8) is 0 Å². The summed E-state index contributed by atoms with van der Waals surface area (Å²) in [4.78, 5) is 70.4. The summed E-state index contributed by atoms with van der Waals surface area (Å²) in [6.07, 6.45) is -1.94. The Labute approximate surface area is 436 Å². The van der Waals surface area contributed by atoms with Crippen molar-refractivity contribution in [1.82, 2.24) is 9.80 Å². The van der Waals surface area contributed by atoms with Gasteiger partial charge in [-0.15, -0.1) is 0 Å². The van der Waals surface area contributed by atoms with Crippen LogP contribution < -0.4 is 19.9 Å². The zero-order valence-corrected chi connectivity index (χ0v) is 41.9. The molecule has 4 aliphatic rings. The Hall–Kier alpha value is -7.84. The molecule has 75 heavy (non-hydrogen) atoms. The number of nitrogens with zero attached hydrogens (tertiary/aromatic N) is 4. The maximum absolute atomic E-state index is 16.7. The molecule has 15 heteroatoms. The third-order valence-corrected chi connectivity index (χ3v) is 14.4. The number of rotatable bonds is 15. The van der Waals surface area contributed by atoms with E-state index in [1.165, 1.54) is 7.11 Å². The Morgan fingerprint density at radius 2 is 1.48 bits per heavy atom. The van der Waals surface area contributed by atoms with Crippen molar-refractivity contribution in [2.45, 2.75) is 36.2 Å². The molecule has 384 valence electrons. The van der Waals surface area contributed by atoms with Gasteiger partial charge in [-0.25, -0.2) is 9.69 Å². The molecule has 0 aliphatic carbocycles. The van der Waals surface area contributed by atoms with Crippen molar-refractivity contribution in [1.29, 1.82) is 0 Å². The number of aliphatic hydroxyl groups excluding tert-OH is 1. The van der Waals surface area contributed by atoms with E-state index in [1.54, 1.807) is 54.6 Å². The van der Waals surface area contributed by atoms with E-state index in [2.05, 4.69) is 39.1 Å². The van der Waals surface area contributed by atoms with Gasteiger partial charge in [0.15, 0.2) is 0 Å². The molecule has 1 spiro atoms. The maximum atomic E-state index is 16.7. The number of methoxy groups -OCH3 is 1. The minimum absolute atomic E-state index is 0.0495. The minimum Gasteiger partial charge on any atom is -0.491 e. The lowest BCUT2D eigenvalue weighted by molar-refractivity contribution is -0.177. The number of cyclic esters (lactones) is 1. The van der Waals surface area contributed by atoms with Crippen LogP contribution in [-0.2, 0) is 45.3 Å². The van der Waals surface area contributed by atoms with Crippen LogP contribution in [-0.4, -0.2) is 118 Å². The second-order valence-corrected chi connectivity index (χ2v) is 18.9. The second-order valence-electron chi connectivity index (χ2n) is 18.9. The molecule has 0 radical (unpaired) electrons. The molecule has 4 heterocycles. The average molecular weight is 1010 g/mol. The molecule has 3 fully saturated rings. The molecule has 0 saturated carbocycles. The van der Waals surface area contributed by atoms with Gasteiger partial charge in [0.1, 0.15) is 36.5 Å². The third-order valence-electron chi connectivity index (χ3n) is 14.4. The van der Waals surface area contributed by atoms with Gasteiger partial charge in [-0.2, -0.15) is 0 Å². The number of aliphatic hydroxyl groups is 1. The number of anilines is 3. The third kappa shape index (κ3) is 9.98. The molecule has 0 bridgehead atoms. The van der Waals surface area contributed by atoms with Crippen molar-refractivity contribution in [2.24, 2.45) is 5.92 Å². The van der Waals surface area contributed by atoms with Crippen LogP contribution in [0.2, 0.25) is 0 Å². The van der Waals surface area contributed by atoms with Gasteiger partial charge in [-0.05, 0) is 77.8 Å². The number of nitrogens with one attached hydrogen (secondary N) is 1. The molecule has 4 aliphatic heterocycles. The molecular formula is C60H59N5O10. The van der Waals surface area contributed by atoms with E-state index < -0.39 is 59.4 Å². The van der Waals surface area contributed by atoms with E-state index in [4.69, 9.17) is 23.7 Å². The monoisotopic (exact) mass is 1010 g/mol. The van der Waals surface area contributed by atoms with Crippen LogP contribution >= 0.6 is 0 Å². The summed E-state index contributed by atoms with van der Waals surface area (Å²) in [6.45, 7) is 3.07. The quantitative estimate of drug-likeness (QED) is 0.0594. The van der Waals surface area contributed by atoms with Gasteiger partial charge in [-0.1, -0.05) is 121 Å². The predicted molar refractivity (Wildman–Crippen MR) is 282 cm³/mol. The Morgan fingerprint density at radius 1 is 0.800 bits per heavy atom. The summed E-state index contributed by atoms with van der Waals surface area (Å²) in [5.74, 6) is 3.11. The Kier molecular flexibility index (Phi) is 15.4. The van der Waals surface area contributed by atoms with Gasteiger partial charge in [0.25, 0.3) is 0 Å². The highest BCUT2D eigenvalue weighted by molar-refractivity contribution is 6.24. The largest absolute Gasteiger partial charge is 0.491 e. The van der Waals surface area contributed by atoms with Crippen molar-refractivity contribution in [3.8, 4) is 17.6 Å². The summed E-state index contributed by atoms with van der Waals surface area (Å²) < 4.78 is 29.6. The number of hydrogen-bond acceptors (Lipinski definition) is 13. The number of ether oxygens (including phenoxy) is 5. The average Bonchev–Trinajstić information content (AvgIpc) is 3.93. The van der Waals surface area contributed by atoms with Crippen LogP contribution in [0.4, 0.5) is 21.9 Å². The summed E-state index contributed by atoms with van der Waals surface area (Å²) in [5.41, 5.74) is 3.14. The number of para-hydroxylation sites is 1. The Bertz CT molecular complexity index is 3050. The topological polar surface area (TPSA) is 160 Å². The Balaban J connectivity index is 1.21. The van der Waals surface area contributed by atoms with Crippen LogP contribution in [0.25, 0.3) is 0 Å². The molecule has 6 aromatic rings. The zero-order valence-electron chi connectivity index (χ0n) is 41.9. The number of benzene rings is 6. The first kappa shape index (κ1) is 50.7. The Morgan fingerprint density at radius 3 is 2.19 bits per heavy atom. The van der Waals surface area contributed by atoms with Crippen molar-refractivity contribution in [3.05, 3.63) is 191 Å². The highest BCUT2D eigenvalue weighted by Crippen LogP contribution is 2.67. The molecule has 3 saturated heterocycles. The number of imide groups is 1. The van der Waals surface area contributed by atoms with E-state index in [0.717, 1.165) is 21.7 Å². The molecule has 0 unspecified atom stereocenters. The molecule has 6 atom stereocenters. The smallest absolute Gasteiger partial charge is 0.421 e. The van der Waals surface area contributed by atoms with E-state index in [-0.39, 0.29) is 37.7 Å². The fraction of sp³-hybridized carbons (Fsp3) is 0.300. The van der Waals surface area contributed by atoms with Crippen molar-refractivity contribution >= 4 is 40.9 Å². The van der Waals surface area contributed by atoms with Crippen LogP contribution in [0.3, 0.4) is 0 Å². The molecule has 3 amide bonds. The molecule has 6 aromatic carbocycles. The number of amides is 3. The lowest BCUT2D eigenvalue weighted by Gasteiger charge is -2.46. The van der Waals surface area contributed by atoms with E-state index >= 15 is 14.4 Å². The van der Waals surface area contributed by atoms with Crippen LogP contribution in [0.15, 0.2) is 158 Å². The number of morpholine rings is 2. The number of esters is 1. The minimum atomic E-state index is -2.11. The maximum Gasteiger partial charge on any atom is 0.421 e. The van der Waals surface area contributed by atoms with Gasteiger partial charge >= 0.3 is 12.1 Å². The zero-order chi connectivity index (χ0) is 51.9. The lowest BCUT2D eigenvalue weighted by Crippen LogP contribution is -2.54. The molecule has 10 rings (SSSR count). The first-order valence-electron chi connectivity index (χ1n) is 25.2. The second kappa shape index (κ2) is 22.7. The molecule has 0 aromatic heterocycles. The lowest BCUT2D eigenvalue weighted by atomic mass is 9.65. The molecule has 15 nitrogen and oxygen atoms in total. The van der Waals surface area contributed by atoms with Gasteiger partial charge < -0.3 is 39.0 Å². The summed E-state index contributed by atoms with van der Waals surface area (Å²) in [6, 6.07) is 45.1. The van der Waals surface area contributed by atoms with Gasteiger partial charge in [-0.3, -0.25) is 24.2 Å². The van der Waals surface area contributed by atoms with Gasteiger partial charge in [0.2, 0.25) is 11.8 Å². The fourth-order valence-electron chi connectivity index (χ4n) is 11.2. The SMILES string of the molecule is COCCOC(=O)N1C(=O)[C@@]2(c3cc(C#CCN(C)Cc4ccccc4)ccc31)[C@H](C(=O)Nc1ccc(N3CCOCC3)cc1)[C@H]1C(=O)O[C@H](c3ccccc3)[C@H](c3ccccc3)N1[C@@H]2c1ccccc1OCCO. The van der Waals surface area contributed by atoms with Crippen molar-refractivity contribution < 1.29 is 48.0 Å². The van der Waals surface area contributed by atoms with Crippen LogP contribution in [0, 0.1) is 17.8 Å². The standard InChI is InChI=1S/C60H59N5O10/c1-62(40-42-15-6-3-7-16-42)30-14-17-41-24-29-49-48(39-41)60(58(69)64(49)59(70)74-38-37-71-2)51(56(67)61-45-25-27-46(28-26-45)63-31-34-72-35-32-63)53-57(68)75-54(44-20-10-5-11-21-44)52(43-18-8-4-9-19-43)65(53)55(60)47-22-12-13-23-50(47)73-36-33-66/h3-13,15-16,18-29,39,51-55,66H,30-38,40H2,1-2H3,(H,61,67)/t51-,52-,53-,54+,55+,60-/m0/s1. The van der Waals surface area contributed by atoms with E-state index in [1.807, 2.05) is 103 Å². The fourth-order valence-corrected chi connectivity index (χ4v) is 11.2. The predicted octanol–water partition coefficient (Wildman–Crippen LogP) is 7.47. The van der Waals surface area contributed by atoms with E-state index in [9.17, 15) is 9.90 Å². The number of hydrogen-bond donors (Lipinski definition) is 2. The first-order chi connectivity index (χ1) is 36.7. The summed E-state index contributed by atoms with van der Waals surface area (Å²) in [7, 11) is 3.45. The van der Waals surface area contributed by atoms with E-state index in [0.29, 0.717) is 67.5 Å². The number of carbonyl (C=O) groups is 4. The molecular weight excluding hydrogens is 951 g/mol. The number of carbonyl (C=O) groups excluding carboxylic acids is 4. The van der Waals surface area contributed by atoms with Gasteiger partial charge in [0.05, 0.1) is 56.7 Å².